The van der Waals surface area contributed by atoms with E-state index in [2.05, 4.69) is 21.0 Å². The Balaban J connectivity index is 2.08. The van der Waals surface area contributed by atoms with E-state index in [1.54, 1.807) is 28.6 Å². The minimum Gasteiger partial charge on any atom is -0.478 e. The molecule has 0 radical (unpaired) electrons. The topological polar surface area (TPSA) is 55.1 Å². The Morgan fingerprint density at radius 3 is 2.89 bits per heavy atom. The zero-order valence-electron chi connectivity index (χ0n) is 9.63. The number of carbonyl (C=O) groups is 1. The molecular formula is C12H11BrN2O2S. The highest BCUT2D eigenvalue weighted by molar-refractivity contribution is 9.10. The van der Waals surface area contributed by atoms with Gasteiger partial charge in [0, 0.05) is 28.4 Å². The summed E-state index contributed by atoms with van der Waals surface area (Å²) in [7, 11) is 1.88. The molecule has 2 rings (SSSR count). The van der Waals surface area contributed by atoms with Crippen molar-refractivity contribution >= 4 is 33.7 Å². The van der Waals surface area contributed by atoms with Crippen LogP contribution in [0.1, 0.15) is 15.9 Å². The Labute approximate surface area is 117 Å². The van der Waals surface area contributed by atoms with Gasteiger partial charge in [0.05, 0.1) is 11.8 Å². The molecule has 1 aromatic carbocycles. The van der Waals surface area contributed by atoms with E-state index in [-0.39, 0.29) is 5.56 Å². The van der Waals surface area contributed by atoms with Gasteiger partial charge in [0.1, 0.15) is 0 Å². The number of carboxylic acids is 1. The molecule has 0 spiro atoms. The largest absolute Gasteiger partial charge is 0.478 e. The first kappa shape index (κ1) is 13.2. The van der Waals surface area contributed by atoms with E-state index in [4.69, 9.17) is 5.11 Å². The maximum atomic E-state index is 10.8. The fourth-order valence-electron chi connectivity index (χ4n) is 1.43. The summed E-state index contributed by atoms with van der Waals surface area (Å²) in [6, 6.07) is 5.07. The molecule has 0 saturated heterocycles. The van der Waals surface area contributed by atoms with Crippen LogP contribution in [0, 0.1) is 0 Å². The first-order chi connectivity index (χ1) is 8.56. The standard InChI is InChI=1S/C12H11BrN2O2S/c1-15-6-10(5-14-15)18-7-9-3-2-8(12(16)17)4-11(9)13/h2-6H,7H2,1H3,(H,16,17). The smallest absolute Gasteiger partial charge is 0.335 e. The summed E-state index contributed by atoms with van der Waals surface area (Å²) in [5.41, 5.74) is 1.35. The Morgan fingerprint density at radius 1 is 1.56 bits per heavy atom. The molecule has 0 aliphatic rings. The Morgan fingerprint density at radius 2 is 2.33 bits per heavy atom. The van der Waals surface area contributed by atoms with E-state index in [0.29, 0.717) is 0 Å². The van der Waals surface area contributed by atoms with Crippen LogP contribution in [0.2, 0.25) is 0 Å². The van der Waals surface area contributed by atoms with Crippen molar-refractivity contribution in [1.29, 1.82) is 0 Å². The molecule has 0 aliphatic heterocycles. The van der Waals surface area contributed by atoms with Crippen molar-refractivity contribution in [3.8, 4) is 0 Å². The summed E-state index contributed by atoms with van der Waals surface area (Å²) in [5, 5.41) is 13.0. The highest BCUT2D eigenvalue weighted by Crippen LogP contribution is 2.27. The lowest BCUT2D eigenvalue weighted by molar-refractivity contribution is 0.0697. The Bertz CT molecular complexity index is 583. The number of thioether (sulfide) groups is 1. The van der Waals surface area contributed by atoms with Crippen molar-refractivity contribution in [2.75, 3.05) is 0 Å². The van der Waals surface area contributed by atoms with Crippen LogP contribution in [0.4, 0.5) is 0 Å². The summed E-state index contributed by atoms with van der Waals surface area (Å²) in [6.45, 7) is 0. The predicted octanol–water partition coefficient (Wildman–Crippen LogP) is 3.17. The lowest BCUT2D eigenvalue weighted by Crippen LogP contribution is -1.96. The van der Waals surface area contributed by atoms with E-state index < -0.39 is 5.97 Å². The van der Waals surface area contributed by atoms with Crippen LogP contribution >= 0.6 is 27.7 Å². The molecule has 0 amide bonds. The number of carboxylic acid groups (broad SMARTS) is 1. The zero-order valence-corrected chi connectivity index (χ0v) is 12.0. The van der Waals surface area contributed by atoms with Gasteiger partial charge < -0.3 is 5.11 Å². The average Bonchev–Trinajstić information content (AvgIpc) is 2.73. The van der Waals surface area contributed by atoms with E-state index in [0.717, 1.165) is 20.7 Å². The zero-order chi connectivity index (χ0) is 13.1. The van der Waals surface area contributed by atoms with E-state index >= 15 is 0 Å². The maximum absolute atomic E-state index is 10.8. The van der Waals surface area contributed by atoms with Gasteiger partial charge in [0.25, 0.3) is 0 Å². The molecule has 6 heteroatoms. The fraction of sp³-hybridized carbons (Fsp3) is 0.167. The third kappa shape index (κ3) is 3.14. The van der Waals surface area contributed by atoms with Gasteiger partial charge in [0.2, 0.25) is 0 Å². The van der Waals surface area contributed by atoms with E-state index in [1.165, 1.54) is 0 Å². The number of hydrogen-bond donors (Lipinski definition) is 1. The van der Waals surface area contributed by atoms with E-state index in [1.807, 2.05) is 25.5 Å². The van der Waals surface area contributed by atoms with Gasteiger partial charge in [0.15, 0.2) is 0 Å². The summed E-state index contributed by atoms with van der Waals surface area (Å²) in [4.78, 5) is 11.9. The molecule has 1 N–H and O–H groups in total. The normalized spacial score (nSPS) is 10.6. The van der Waals surface area contributed by atoms with Gasteiger partial charge in [-0.15, -0.1) is 11.8 Å². The van der Waals surface area contributed by atoms with Crippen LogP contribution in [0.5, 0.6) is 0 Å². The molecule has 0 aliphatic carbocycles. The van der Waals surface area contributed by atoms with Crippen molar-refractivity contribution in [3.05, 3.63) is 46.2 Å². The Hall–Kier alpha value is -1.27. The van der Waals surface area contributed by atoms with Gasteiger partial charge in [-0.2, -0.15) is 5.10 Å². The molecule has 1 aromatic heterocycles. The second-order valence-corrected chi connectivity index (χ2v) is 5.65. The van der Waals surface area contributed by atoms with Gasteiger partial charge in [-0.25, -0.2) is 4.79 Å². The van der Waals surface area contributed by atoms with Crippen LogP contribution in [0.25, 0.3) is 0 Å². The summed E-state index contributed by atoms with van der Waals surface area (Å²) < 4.78 is 2.57. The number of aryl methyl sites for hydroxylation is 1. The molecule has 1 heterocycles. The predicted molar refractivity (Wildman–Crippen MR) is 73.9 cm³/mol. The third-order valence-electron chi connectivity index (χ3n) is 2.38. The van der Waals surface area contributed by atoms with E-state index in [9.17, 15) is 4.79 Å². The maximum Gasteiger partial charge on any atom is 0.335 e. The number of aromatic carboxylic acids is 1. The molecule has 18 heavy (non-hydrogen) atoms. The first-order valence-corrected chi connectivity index (χ1v) is 6.97. The fourth-order valence-corrected chi connectivity index (χ4v) is 3.06. The number of halogens is 1. The molecule has 0 unspecified atom stereocenters. The number of hydrogen-bond acceptors (Lipinski definition) is 3. The number of benzene rings is 1. The molecule has 0 bridgehead atoms. The monoisotopic (exact) mass is 326 g/mol. The quantitative estimate of drug-likeness (QED) is 0.877. The molecule has 0 fully saturated rings. The summed E-state index contributed by atoms with van der Waals surface area (Å²) in [5.74, 6) is -0.145. The molecule has 4 nitrogen and oxygen atoms in total. The van der Waals surface area contributed by atoms with Gasteiger partial charge in [-0.3, -0.25) is 4.68 Å². The molecule has 0 saturated carbocycles. The highest BCUT2D eigenvalue weighted by Gasteiger charge is 2.07. The average molecular weight is 327 g/mol. The Kier molecular flexibility index (Phi) is 4.08. The molecular weight excluding hydrogens is 316 g/mol. The molecule has 94 valence electrons. The molecule has 2 aromatic rings. The number of aromatic nitrogens is 2. The second-order valence-electron chi connectivity index (χ2n) is 3.75. The minimum atomic E-state index is -0.915. The SMILES string of the molecule is Cn1cc(SCc2ccc(C(=O)O)cc2Br)cn1. The van der Waals surface area contributed by atoms with Crippen molar-refractivity contribution < 1.29 is 9.90 Å². The van der Waals surface area contributed by atoms with Crippen molar-refractivity contribution in [2.45, 2.75) is 10.6 Å². The van der Waals surface area contributed by atoms with Crippen LogP contribution in [-0.2, 0) is 12.8 Å². The van der Waals surface area contributed by atoms with Gasteiger partial charge >= 0.3 is 5.97 Å². The second kappa shape index (κ2) is 5.58. The lowest BCUT2D eigenvalue weighted by Gasteiger charge is -2.04. The summed E-state index contributed by atoms with van der Waals surface area (Å²) in [6.07, 6.45) is 3.76. The minimum absolute atomic E-state index is 0.289. The first-order valence-electron chi connectivity index (χ1n) is 5.19. The highest BCUT2D eigenvalue weighted by atomic mass is 79.9. The number of nitrogens with zero attached hydrogens (tertiary/aromatic N) is 2. The van der Waals surface area contributed by atoms with Crippen LogP contribution in [0.3, 0.4) is 0 Å². The van der Waals surface area contributed by atoms with Crippen LogP contribution in [-0.4, -0.2) is 20.9 Å². The van der Waals surface area contributed by atoms with Crippen molar-refractivity contribution in [1.82, 2.24) is 9.78 Å². The van der Waals surface area contributed by atoms with Gasteiger partial charge in [-0.1, -0.05) is 22.0 Å². The number of rotatable bonds is 4. The van der Waals surface area contributed by atoms with Crippen molar-refractivity contribution in [3.63, 3.8) is 0 Å². The van der Waals surface area contributed by atoms with Crippen molar-refractivity contribution in [2.24, 2.45) is 7.05 Å². The van der Waals surface area contributed by atoms with Crippen LogP contribution in [0.15, 0.2) is 40.0 Å². The van der Waals surface area contributed by atoms with Crippen LogP contribution < -0.4 is 0 Å². The molecule has 0 atom stereocenters. The van der Waals surface area contributed by atoms with Gasteiger partial charge in [-0.05, 0) is 17.7 Å². The third-order valence-corrected chi connectivity index (χ3v) is 4.11. The summed E-state index contributed by atoms with van der Waals surface area (Å²) >= 11 is 5.06. The lowest BCUT2D eigenvalue weighted by atomic mass is 10.1.